The molecule has 1 heterocycles. The maximum absolute atomic E-state index is 12.3. The van der Waals surface area contributed by atoms with Crippen molar-refractivity contribution in [3.8, 4) is 5.75 Å². The smallest absolute Gasteiger partial charge is 0.345 e. The van der Waals surface area contributed by atoms with Crippen LogP contribution in [0.2, 0.25) is 0 Å². The second kappa shape index (κ2) is 10.8. The Bertz CT molecular complexity index is 722. The van der Waals surface area contributed by atoms with Gasteiger partial charge in [-0.05, 0) is 45.6 Å². The summed E-state index contributed by atoms with van der Waals surface area (Å²) < 4.78 is 5.37. The average Bonchev–Trinajstić information content (AvgIpc) is 2.59. The zero-order valence-corrected chi connectivity index (χ0v) is 16.6. The van der Waals surface area contributed by atoms with Crippen LogP contribution in [0.25, 0.3) is 0 Å². The fourth-order valence-corrected chi connectivity index (χ4v) is 2.73. The SMILES string of the molecule is C/C=C/CCC(C)c1cc(O)c(C(O)/C(C)=C/C=C(\C)CCC)c(=O)o1. The molecule has 0 bridgehead atoms. The minimum absolute atomic E-state index is 0.00672. The van der Waals surface area contributed by atoms with E-state index in [4.69, 9.17) is 4.42 Å². The summed E-state index contributed by atoms with van der Waals surface area (Å²) in [4.78, 5) is 12.3. The van der Waals surface area contributed by atoms with Crippen molar-refractivity contribution in [1.29, 1.82) is 0 Å². The maximum atomic E-state index is 12.3. The molecule has 4 nitrogen and oxygen atoms in total. The number of allylic oxidation sites excluding steroid dienone is 5. The van der Waals surface area contributed by atoms with Crippen molar-refractivity contribution in [2.45, 2.75) is 72.3 Å². The Morgan fingerprint density at radius 1 is 1.31 bits per heavy atom. The van der Waals surface area contributed by atoms with E-state index < -0.39 is 11.7 Å². The summed E-state index contributed by atoms with van der Waals surface area (Å²) >= 11 is 0. The Morgan fingerprint density at radius 2 is 2.00 bits per heavy atom. The van der Waals surface area contributed by atoms with Gasteiger partial charge >= 0.3 is 5.63 Å². The first-order valence-corrected chi connectivity index (χ1v) is 9.31. The predicted octanol–water partition coefficient (Wildman–Crippen LogP) is 5.53. The zero-order valence-electron chi connectivity index (χ0n) is 16.6. The fraction of sp³-hybridized carbons (Fsp3) is 0.500. The van der Waals surface area contributed by atoms with Crippen LogP contribution in [0.3, 0.4) is 0 Å². The molecule has 0 amide bonds. The molecule has 0 aromatic carbocycles. The highest BCUT2D eigenvalue weighted by atomic mass is 16.4. The van der Waals surface area contributed by atoms with E-state index in [1.807, 2.05) is 32.9 Å². The minimum atomic E-state index is -1.19. The molecule has 2 N–H and O–H groups in total. The van der Waals surface area contributed by atoms with Crippen LogP contribution >= 0.6 is 0 Å². The molecular formula is C22H32O4. The number of aromatic hydroxyl groups is 1. The van der Waals surface area contributed by atoms with Crippen LogP contribution in [-0.2, 0) is 0 Å². The van der Waals surface area contributed by atoms with E-state index in [1.54, 1.807) is 13.0 Å². The number of hydrogen-bond donors (Lipinski definition) is 2. The minimum Gasteiger partial charge on any atom is -0.507 e. The van der Waals surface area contributed by atoms with E-state index in [1.165, 1.54) is 11.6 Å². The molecule has 0 aliphatic rings. The van der Waals surface area contributed by atoms with Gasteiger partial charge in [0.15, 0.2) is 0 Å². The Morgan fingerprint density at radius 3 is 2.58 bits per heavy atom. The van der Waals surface area contributed by atoms with E-state index in [0.29, 0.717) is 11.3 Å². The molecule has 1 aromatic rings. The number of hydrogen-bond acceptors (Lipinski definition) is 4. The van der Waals surface area contributed by atoms with Crippen LogP contribution in [-0.4, -0.2) is 10.2 Å². The molecule has 0 aliphatic heterocycles. The van der Waals surface area contributed by atoms with Crippen LogP contribution in [0, 0.1) is 0 Å². The highest BCUT2D eigenvalue weighted by Gasteiger charge is 2.22. The first kappa shape index (κ1) is 22.0. The topological polar surface area (TPSA) is 70.7 Å². The Balaban J connectivity index is 3.05. The molecular weight excluding hydrogens is 328 g/mol. The van der Waals surface area contributed by atoms with Gasteiger partial charge in [-0.15, -0.1) is 0 Å². The first-order valence-electron chi connectivity index (χ1n) is 9.31. The van der Waals surface area contributed by atoms with Gasteiger partial charge in [-0.1, -0.05) is 50.1 Å². The van der Waals surface area contributed by atoms with Gasteiger partial charge in [0.25, 0.3) is 0 Å². The van der Waals surface area contributed by atoms with Crippen LogP contribution in [0.4, 0.5) is 0 Å². The molecule has 1 aromatic heterocycles. The third kappa shape index (κ3) is 6.34. The lowest BCUT2D eigenvalue weighted by molar-refractivity contribution is 0.203. The normalized spacial score (nSPS) is 15.5. The van der Waals surface area contributed by atoms with Crippen LogP contribution < -0.4 is 5.63 Å². The molecule has 2 atom stereocenters. The molecule has 0 saturated heterocycles. The standard InChI is InChI=1S/C22H32O4/c1-6-8-9-11-16(4)19-14-18(23)20(22(25)26-19)21(24)17(5)13-12-15(3)10-7-2/h6,8,12-14,16,21,23-24H,7,9-11H2,1-5H3/b8-6+,15-12+,17-13+. The summed E-state index contributed by atoms with van der Waals surface area (Å²) in [5.41, 5.74) is 0.981. The van der Waals surface area contributed by atoms with E-state index in [2.05, 4.69) is 13.0 Å². The third-order valence-electron chi connectivity index (χ3n) is 4.45. The van der Waals surface area contributed by atoms with E-state index in [9.17, 15) is 15.0 Å². The molecule has 2 unspecified atom stereocenters. The lowest BCUT2D eigenvalue weighted by Gasteiger charge is -2.15. The van der Waals surface area contributed by atoms with Crippen molar-refractivity contribution in [3.63, 3.8) is 0 Å². The summed E-state index contributed by atoms with van der Waals surface area (Å²) in [5.74, 6) is 0.226. The lowest BCUT2D eigenvalue weighted by Crippen LogP contribution is -2.15. The monoisotopic (exact) mass is 360 g/mol. The second-order valence-corrected chi connectivity index (χ2v) is 6.86. The van der Waals surface area contributed by atoms with Crippen molar-refractivity contribution in [3.05, 3.63) is 63.3 Å². The van der Waals surface area contributed by atoms with Gasteiger partial charge in [0.05, 0.1) is 0 Å². The molecule has 1 rings (SSSR count). The molecule has 0 fully saturated rings. The summed E-state index contributed by atoms with van der Waals surface area (Å²) in [7, 11) is 0. The van der Waals surface area contributed by atoms with E-state index in [0.717, 1.165) is 25.7 Å². The molecule has 0 spiro atoms. The highest BCUT2D eigenvalue weighted by molar-refractivity contribution is 5.37. The van der Waals surface area contributed by atoms with Crippen molar-refractivity contribution in [2.24, 2.45) is 0 Å². The highest BCUT2D eigenvalue weighted by Crippen LogP contribution is 2.30. The van der Waals surface area contributed by atoms with Crippen molar-refractivity contribution >= 4 is 0 Å². The van der Waals surface area contributed by atoms with Gasteiger partial charge in [0, 0.05) is 12.0 Å². The zero-order chi connectivity index (χ0) is 19.7. The molecule has 4 heteroatoms. The Hall–Kier alpha value is -2.07. The predicted molar refractivity (Wildman–Crippen MR) is 106 cm³/mol. The molecule has 0 radical (unpaired) electrons. The molecule has 0 aliphatic carbocycles. The number of rotatable bonds is 9. The first-order chi connectivity index (χ1) is 12.3. The third-order valence-corrected chi connectivity index (χ3v) is 4.45. The van der Waals surface area contributed by atoms with Crippen LogP contribution in [0.15, 0.2) is 50.7 Å². The van der Waals surface area contributed by atoms with Gasteiger partial charge in [-0.3, -0.25) is 0 Å². The summed E-state index contributed by atoms with van der Waals surface area (Å²) in [5, 5.41) is 20.8. The van der Waals surface area contributed by atoms with Gasteiger partial charge in [-0.25, -0.2) is 4.79 Å². The molecule has 144 valence electrons. The Kier molecular flexibility index (Phi) is 9.14. The van der Waals surface area contributed by atoms with Crippen LogP contribution in [0.1, 0.15) is 83.6 Å². The summed E-state index contributed by atoms with van der Waals surface area (Å²) in [6.45, 7) is 9.76. The summed E-state index contributed by atoms with van der Waals surface area (Å²) in [6.07, 6.45) is 10.3. The maximum Gasteiger partial charge on any atom is 0.345 e. The van der Waals surface area contributed by atoms with E-state index in [-0.39, 0.29) is 17.2 Å². The van der Waals surface area contributed by atoms with Gasteiger partial charge < -0.3 is 14.6 Å². The second-order valence-electron chi connectivity index (χ2n) is 6.86. The average molecular weight is 360 g/mol. The number of aliphatic hydroxyl groups excluding tert-OH is 1. The quantitative estimate of drug-likeness (QED) is 0.448. The summed E-state index contributed by atoms with van der Waals surface area (Å²) in [6, 6.07) is 1.45. The molecule has 0 saturated carbocycles. The van der Waals surface area contributed by atoms with Crippen molar-refractivity contribution < 1.29 is 14.6 Å². The Labute approximate surface area is 156 Å². The van der Waals surface area contributed by atoms with Gasteiger partial charge in [0.1, 0.15) is 23.2 Å². The molecule has 26 heavy (non-hydrogen) atoms. The van der Waals surface area contributed by atoms with Crippen LogP contribution in [0.5, 0.6) is 5.75 Å². The lowest BCUT2D eigenvalue weighted by atomic mass is 9.99. The van der Waals surface area contributed by atoms with Crippen molar-refractivity contribution in [1.82, 2.24) is 0 Å². The van der Waals surface area contributed by atoms with Crippen molar-refractivity contribution in [2.75, 3.05) is 0 Å². The van der Waals surface area contributed by atoms with E-state index >= 15 is 0 Å². The number of aliphatic hydroxyl groups is 1. The van der Waals surface area contributed by atoms with Gasteiger partial charge in [0.2, 0.25) is 0 Å². The van der Waals surface area contributed by atoms with Gasteiger partial charge in [-0.2, -0.15) is 0 Å². The largest absolute Gasteiger partial charge is 0.507 e. The fourth-order valence-electron chi connectivity index (χ4n) is 2.73.